The Labute approximate surface area is 149 Å². The second kappa shape index (κ2) is 6.99. The predicted molar refractivity (Wildman–Crippen MR) is 102 cm³/mol. The van der Waals surface area contributed by atoms with Crippen LogP contribution < -0.4 is 21.9 Å². The monoisotopic (exact) mass is 347 g/mol. The SMILES string of the molecule is C#CCN(Cc1ccc2nc(N)[nH]c(=O)c2c1)c1ccc(C(N)=O)cc1. The van der Waals surface area contributed by atoms with Crippen LogP contribution in [-0.2, 0) is 6.54 Å². The smallest absolute Gasteiger partial charge is 0.260 e. The molecule has 0 atom stereocenters. The van der Waals surface area contributed by atoms with Crippen molar-refractivity contribution in [2.45, 2.75) is 6.54 Å². The van der Waals surface area contributed by atoms with Crippen LogP contribution in [0.25, 0.3) is 10.9 Å². The highest BCUT2D eigenvalue weighted by molar-refractivity contribution is 5.93. The molecule has 1 aromatic heterocycles. The molecular formula is C19H17N5O2. The maximum Gasteiger partial charge on any atom is 0.260 e. The molecule has 2 aromatic carbocycles. The molecule has 0 fully saturated rings. The van der Waals surface area contributed by atoms with E-state index in [1.165, 1.54) is 0 Å². The number of nitrogens with one attached hydrogen (secondary N) is 1. The number of hydrogen-bond donors (Lipinski definition) is 3. The number of H-pyrrole nitrogens is 1. The summed E-state index contributed by atoms with van der Waals surface area (Å²) in [4.78, 5) is 31.8. The van der Waals surface area contributed by atoms with Gasteiger partial charge in [0.1, 0.15) is 0 Å². The van der Waals surface area contributed by atoms with Crippen molar-refractivity contribution >= 4 is 28.4 Å². The largest absolute Gasteiger partial charge is 0.369 e. The molecule has 7 heteroatoms. The van der Waals surface area contributed by atoms with Crippen LogP contribution >= 0.6 is 0 Å². The molecule has 0 bridgehead atoms. The van der Waals surface area contributed by atoms with Gasteiger partial charge in [-0.25, -0.2) is 4.98 Å². The van der Waals surface area contributed by atoms with E-state index in [0.717, 1.165) is 11.3 Å². The highest BCUT2D eigenvalue weighted by atomic mass is 16.1. The van der Waals surface area contributed by atoms with Gasteiger partial charge in [0.15, 0.2) is 0 Å². The van der Waals surface area contributed by atoms with Gasteiger partial charge in [-0.1, -0.05) is 12.0 Å². The lowest BCUT2D eigenvalue weighted by molar-refractivity contribution is 0.100. The summed E-state index contributed by atoms with van der Waals surface area (Å²) in [5, 5.41) is 0.460. The maximum atomic E-state index is 12.1. The van der Waals surface area contributed by atoms with Gasteiger partial charge in [0.2, 0.25) is 11.9 Å². The second-order valence-corrected chi connectivity index (χ2v) is 5.77. The highest BCUT2D eigenvalue weighted by Gasteiger charge is 2.10. The predicted octanol–water partition coefficient (Wildman–Crippen LogP) is 1.24. The number of primary amides is 1. The quantitative estimate of drug-likeness (QED) is 0.600. The number of hydrogen-bond acceptors (Lipinski definition) is 5. The molecule has 1 heterocycles. The van der Waals surface area contributed by atoms with E-state index >= 15 is 0 Å². The fourth-order valence-corrected chi connectivity index (χ4v) is 2.71. The normalized spacial score (nSPS) is 10.4. The van der Waals surface area contributed by atoms with E-state index in [1.807, 2.05) is 11.0 Å². The molecule has 7 nitrogen and oxygen atoms in total. The third-order valence-corrected chi connectivity index (χ3v) is 3.96. The van der Waals surface area contributed by atoms with E-state index in [2.05, 4.69) is 15.9 Å². The first kappa shape index (κ1) is 17.0. The maximum absolute atomic E-state index is 12.1. The van der Waals surface area contributed by atoms with E-state index < -0.39 is 5.91 Å². The number of amides is 1. The zero-order valence-corrected chi connectivity index (χ0v) is 13.9. The van der Waals surface area contributed by atoms with Gasteiger partial charge in [0, 0.05) is 17.8 Å². The molecule has 5 N–H and O–H groups in total. The Morgan fingerprint density at radius 2 is 1.96 bits per heavy atom. The number of fused-ring (bicyclic) bond motifs is 1. The van der Waals surface area contributed by atoms with Gasteiger partial charge in [-0.2, -0.15) is 0 Å². The molecular weight excluding hydrogens is 330 g/mol. The number of benzene rings is 2. The molecule has 1 amide bonds. The van der Waals surface area contributed by atoms with Crippen LogP contribution in [0.2, 0.25) is 0 Å². The van der Waals surface area contributed by atoms with Crippen molar-refractivity contribution in [3.05, 3.63) is 63.9 Å². The summed E-state index contributed by atoms with van der Waals surface area (Å²) >= 11 is 0. The molecule has 26 heavy (non-hydrogen) atoms. The number of nitrogens with two attached hydrogens (primary N) is 2. The lowest BCUT2D eigenvalue weighted by atomic mass is 10.1. The average molecular weight is 347 g/mol. The Morgan fingerprint density at radius 1 is 1.23 bits per heavy atom. The number of anilines is 2. The van der Waals surface area contributed by atoms with Crippen molar-refractivity contribution < 1.29 is 4.79 Å². The minimum Gasteiger partial charge on any atom is -0.369 e. The molecule has 0 unspecified atom stereocenters. The third kappa shape index (κ3) is 3.49. The number of aromatic nitrogens is 2. The Balaban J connectivity index is 1.93. The van der Waals surface area contributed by atoms with Gasteiger partial charge in [-0.15, -0.1) is 6.42 Å². The number of rotatable bonds is 5. The van der Waals surface area contributed by atoms with Crippen LogP contribution in [0.15, 0.2) is 47.3 Å². The summed E-state index contributed by atoms with van der Waals surface area (Å²) in [6, 6.07) is 12.3. The van der Waals surface area contributed by atoms with Crippen LogP contribution in [0.3, 0.4) is 0 Å². The van der Waals surface area contributed by atoms with Crippen molar-refractivity contribution in [3.63, 3.8) is 0 Å². The number of carbonyl (C=O) groups is 1. The van der Waals surface area contributed by atoms with Gasteiger partial charge < -0.3 is 16.4 Å². The van der Waals surface area contributed by atoms with Crippen molar-refractivity contribution in [1.82, 2.24) is 9.97 Å². The first-order valence-corrected chi connectivity index (χ1v) is 7.84. The highest BCUT2D eigenvalue weighted by Crippen LogP contribution is 2.19. The third-order valence-electron chi connectivity index (χ3n) is 3.96. The zero-order valence-electron chi connectivity index (χ0n) is 13.9. The van der Waals surface area contributed by atoms with Gasteiger partial charge in [-0.05, 0) is 42.0 Å². The van der Waals surface area contributed by atoms with Gasteiger partial charge in [-0.3, -0.25) is 14.6 Å². The molecule has 0 saturated carbocycles. The van der Waals surface area contributed by atoms with Crippen molar-refractivity contribution in [2.24, 2.45) is 5.73 Å². The van der Waals surface area contributed by atoms with Crippen molar-refractivity contribution in [1.29, 1.82) is 0 Å². The van der Waals surface area contributed by atoms with Gasteiger partial charge >= 0.3 is 0 Å². The average Bonchev–Trinajstić information content (AvgIpc) is 2.62. The van der Waals surface area contributed by atoms with Crippen molar-refractivity contribution in [3.8, 4) is 12.3 Å². The number of aromatic amines is 1. The summed E-state index contributed by atoms with van der Waals surface area (Å²) in [5.74, 6) is 2.21. The lowest BCUT2D eigenvalue weighted by Gasteiger charge is -2.23. The second-order valence-electron chi connectivity index (χ2n) is 5.77. The van der Waals surface area contributed by atoms with Crippen LogP contribution in [0.5, 0.6) is 0 Å². The van der Waals surface area contributed by atoms with E-state index in [4.69, 9.17) is 17.9 Å². The summed E-state index contributed by atoms with van der Waals surface area (Å²) < 4.78 is 0. The van der Waals surface area contributed by atoms with E-state index in [0.29, 0.717) is 29.6 Å². The molecule has 130 valence electrons. The number of terminal acetylenes is 1. The van der Waals surface area contributed by atoms with E-state index in [9.17, 15) is 9.59 Å². The summed E-state index contributed by atoms with van der Waals surface area (Å²) in [7, 11) is 0. The molecule has 0 aliphatic carbocycles. The van der Waals surface area contributed by atoms with Crippen LogP contribution in [0.4, 0.5) is 11.6 Å². The van der Waals surface area contributed by atoms with Gasteiger partial charge in [0.25, 0.3) is 5.56 Å². The molecule has 0 saturated heterocycles. The fourth-order valence-electron chi connectivity index (χ4n) is 2.71. The standard InChI is InChI=1S/C19H17N5O2/c1-2-9-24(14-6-4-13(5-7-14)17(20)25)11-12-3-8-16-15(10-12)18(26)23-19(21)22-16/h1,3-8,10H,9,11H2,(H2,20,25)(H3,21,22,23,26). The minimum absolute atomic E-state index is 0.0822. The Kier molecular flexibility index (Phi) is 4.58. The first-order chi connectivity index (χ1) is 12.5. The molecule has 0 aliphatic heterocycles. The summed E-state index contributed by atoms with van der Waals surface area (Å²) in [6.07, 6.45) is 5.49. The topological polar surface area (TPSA) is 118 Å². The van der Waals surface area contributed by atoms with Crippen LogP contribution in [0, 0.1) is 12.3 Å². The van der Waals surface area contributed by atoms with Crippen LogP contribution in [-0.4, -0.2) is 22.4 Å². The fraction of sp³-hybridized carbons (Fsp3) is 0.105. The Bertz CT molecular complexity index is 1060. The number of nitrogens with zero attached hydrogens (tertiary/aromatic N) is 2. The number of carbonyl (C=O) groups excluding carboxylic acids is 1. The van der Waals surface area contributed by atoms with Crippen molar-refractivity contribution in [2.75, 3.05) is 17.2 Å². The first-order valence-electron chi connectivity index (χ1n) is 7.84. The molecule has 0 radical (unpaired) electrons. The number of nitrogen functional groups attached to an aromatic ring is 1. The zero-order chi connectivity index (χ0) is 18.7. The molecule has 3 aromatic rings. The van der Waals surface area contributed by atoms with E-state index in [-0.39, 0.29) is 11.5 Å². The summed E-state index contributed by atoms with van der Waals surface area (Å²) in [5.41, 5.74) is 13.2. The lowest BCUT2D eigenvalue weighted by Crippen LogP contribution is -2.23. The summed E-state index contributed by atoms with van der Waals surface area (Å²) in [6.45, 7) is 0.851. The molecule has 3 rings (SSSR count). The Morgan fingerprint density at radius 3 is 2.62 bits per heavy atom. The van der Waals surface area contributed by atoms with Gasteiger partial charge in [0.05, 0.1) is 17.4 Å². The van der Waals surface area contributed by atoms with E-state index in [1.54, 1.807) is 36.4 Å². The van der Waals surface area contributed by atoms with Crippen LogP contribution in [0.1, 0.15) is 15.9 Å². The minimum atomic E-state index is -0.486. The Hall–Kier alpha value is -3.79. The molecule has 0 spiro atoms. The molecule has 0 aliphatic rings.